The van der Waals surface area contributed by atoms with Crippen LogP contribution in [-0.2, 0) is 22.5 Å². The number of thiophene rings is 1. The van der Waals surface area contributed by atoms with Crippen molar-refractivity contribution in [1.29, 1.82) is 0 Å². The number of urea groups is 1. The first kappa shape index (κ1) is 23.1. The van der Waals surface area contributed by atoms with E-state index in [0.29, 0.717) is 30.3 Å². The summed E-state index contributed by atoms with van der Waals surface area (Å²) < 4.78 is 6.28. The minimum atomic E-state index is -0.855. The van der Waals surface area contributed by atoms with Crippen LogP contribution in [0.3, 0.4) is 0 Å². The zero-order chi connectivity index (χ0) is 23.1. The molecule has 0 aliphatic carbocycles. The van der Waals surface area contributed by atoms with Gasteiger partial charge in [0, 0.05) is 23.4 Å². The number of amides is 3. The van der Waals surface area contributed by atoms with Crippen LogP contribution in [0.25, 0.3) is 10.8 Å². The van der Waals surface area contributed by atoms with Gasteiger partial charge in [-0.1, -0.05) is 38.1 Å². The highest BCUT2D eigenvalue weighted by molar-refractivity contribution is 7.09. The monoisotopic (exact) mass is 456 g/mol. The minimum absolute atomic E-state index is 0.0611. The Morgan fingerprint density at radius 1 is 1.12 bits per heavy atom. The third-order valence-corrected chi connectivity index (χ3v) is 5.36. The molecule has 3 amide bonds. The average molecular weight is 457 g/mol. The molecule has 2 heterocycles. The number of hydrogen-bond acceptors (Lipinski definition) is 7. The molecule has 0 bridgehead atoms. The van der Waals surface area contributed by atoms with Crippen molar-refractivity contribution in [2.24, 2.45) is 5.92 Å². The summed E-state index contributed by atoms with van der Waals surface area (Å²) in [6, 6.07) is 9.79. The molecule has 10 heteroatoms. The summed E-state index contributed by atoms with van der Waals surface area (Å²) in [4.78, 5) is 50.2. The van der Waals surface area contributed by atoms with Crippen molar-refractivity contribution < 1.29 is 19.1 Å². The summed E-state index contributed by atoms with van der Waals surface area (Å²) in [5.41, 5.74) is -0.364. The molecule has 0 saturated heterocycles. The van der Waals surface area contributed by atoms with E-state index in [-0.39, 0.29) is 17.2 Å². The fraction of sp³-hybridized carbons (Fsp3) is 0.318. The Morgan fingerprint density at radius 3 is 2.56 bits per heavy atom. The average Bonchev–Trinajstić information content (AvgIpc) is 3.27. The Balaban J connectivity index is 1.60. The zero-order valence-electron chi connectivity index (χ0n) is 17.8. The number of nitrogens with one attached hydrogen (secondary N) is 2. The highest BCUT2D eigenvalue weighted by Gasteiger charge is 2.20. The smallest absolute Gasteiger partial charge is 0.359 e. The topological polar surface area (TPSA) is 119 Å². The second-order valence-electron chi connectivity index (χ2n) is 7.48. The van der Waals surface area contributed by atoms with Gasteiger partial charge in [-0.25, -0.2) is 14.3 Å². The molecule has 0 unspecified atom stereocenters. The highest BCUT2D eigenvalue weighted by atomic mass is 32.1. The van der Waals surface area contributed by atoms with Gasteiger partial charge in [-0.15, -0.1) is 11.3 Å². The number of fused-ring (bicyclic) bond motifs is 1. The van der Waals surface area contributed by atoms with Crippen molar-refractivity contribution >= 4 is 40.0 Å². The van der Waals surface area contributed by atoms with Gasteiger partial charge < -0.3 is 10.1 Å². The van der Waals surface area contributed by atoms with Crippen LogP contribution in [0, 0.1) is 5.92 Å². The quantitative estimate of drug-likeness (QED) is 0.502. The van der Waals surface area contributed by atoms with Crippen molar-refractivity contribution in [2.45, 2.75) is 26.8 Å². The summed E-state index contributed by atoms with van der Waals surface area (Å²) in [5, 5.41) is 11.5. The lowest BCUT2D eigenvalue weighted by Crippen LogP contribution is -2.42. The SMILES string of the molecule is CC(C)Cn1nc(C(=O)OCC(=O)NC(=O)NCCc2cccs2)c2ccccc2c1=O. The van der Waals surface area contributed by atoms with E-state index in [1.54, 1.807) is 35.6 Å². The van der Waals surface area contributed by atoms with Crippen molar-refractivity contribution in [2.75, 3.05) is 13.2 Å². The number of ether oxygens (including phenoxy) is 1. The maximum atomic E-state index is 12.6. The van der Waals surface area contributed by atoms with Crippen molar-refractivity contribution in [3.63, 3.8) is 0 Å². The van der Waals surface area contributed by atoms with Gasteiger partial charge in [-0.2, -0.15) is 5.10 Å². The molecule has 0 aliphatic rings. The summed E-state index contributed by atoms with van der Waals surface area (Å²) in [5.74, 6) is -1.49. The van der Waals surface area contributed by atoms with Crippen molar-refractivity contribution in [1.82, 2.24) is 20.4 Å². The second-order valence-corrected chi connectivity index (χ2v) is 8.52. The highest BCUT2D eigenvalue weighted by Crippen LogP contribution is 2.15. The van der Waals surface area contributed by atoms with Gasteiger partial charge in [0.1, 0.15) is 0 Å². The van der Waals surface area contributed by atoms with Crippen LogP contribution in [0.4, 0.5) is 4.79 Å². The lowest BCUT2D eigenvalue weighted by atomic mass is 10.1. The van der Waals surface area contributed by atoms with E-state index in [2.05, 4.69) is 15.7 Å². The zero-order valence-corrected chi connectivity index (χ0v) is 18.6. The van der Waals surface area contributed by atoms with Crippen LogP contribution in [-0.4, -0.2) is 40.8 Å². The molecule has 168 valence electrons. The van der Waals surface area contributed by atoms with Gasteiger partial charge in [0.2, 0.25) is 0 Å². The molecule has 1 aromatic carbocycles. The van der Waals surface area contributed by atoms with Crippen molar-refractivity contribution in [3.05, 3.63) is 62.7 Å². The third kappa shape index (κ3) is 6.01. The van der Waals surface area contributed by atoms with E-state index >= 15 is 0 Å². The van der Waals surface area contributed by atoms with Crippen molar-refractivity contribution in [3.8, 4) is 0 Å². The van der Waals surface area contributed by atoms with E-state index in [4.69, 9.17) is 4.74 Å². The van der Waals surface area contributed by atoms with Gasteiger partial charge in [-0.05, 0) is 29.9 Å². The lowest BCUT2D eigenvalue weighted by molar-refractivity contribution is -0.123. The number of rotatable bonds is 8. The standard InChI is InChI=1S/C22H24N4O5S/c1-14(2)12-26-20(28)17-8-4-3-7-16(17)19(25-26)21(29)31-13-18(27)24-22(30)23-10-9-15-6-5-11-32-15/h3-8,11,14H,9-10,12-13H2,1-2H3,(H2,23,24,27,30). The number of aromatic nitrogens is 2. The lowest BCUT2D eigenvalue weighted by Gasteiger charge is -2.12. The third-order valence-electron chi connectivity index (χ3n) is 4.42. The number of imide groups is 1. The number of benzene rings is 1. The Morgan fingerprint density at radius 2 is 1.88 bits per heavy atom. The minimum Gasteiger partial charge on any atom is -0.451 e. The van der Waals surface area contributed by atoms with Gasteiger partial charge in [-0.3, -0.25) is 14.9 Å². The molecule has 2 N–H and O–H groups in total. The van der Waals surface area contributed by atoms with Crippen LogP contribution >= 0.6 is 11.3 Å². The van der Waals surface area contributed by atoms with E-state index in [1.165, 1.54) is 4.68 Å². The van der Waals surface area contributed by atoms with Gasteiger partial charge in [0.05, 0.1) is 5.39 Å². The van der Waals surface area contributed by atoms with Gasteiger partial charge >= 0.3 is 12.0 Å². The molecule has 0 fully saturated rings. The van der Waals surface area contributed by atoms with E-state index < -0.39 is 24.5 Å². The van der Waals surface area contributed by atoms with Gasteiger partial charge in [0.15, 0.2) is 12.3 Å². The van der Waals surface area contributed by atoms with Crippen LogP contribution in [0.1, 0.15) is 29.2 Å². The molecule has 2 aromatic heterocycles. The molecule has 0 saturated carbocycles. The Labute approximate surface area is 188 Å². The maximum Gasteiger partial charge on any atom is 0.359 e. The molecule has 32 heavy (non-hydrogen) atoms. The largest absolute Gasteiger partial charge is 0.451 e. The summed E-state index contributed by atoms with van der Waals surface area (Å²) in [6.07, 6.45) is 0.652. The molecule has 3 rings (SSSR count). The number of hydrogen-bond donors (Lipinski definition) is 2. The van der Waals surface area contributed by atoms with Crippen LogP contribution < -0.4 is 16.2 Å². The van der Waals surface area contributed by atoms with E-state index in [1.807, 2.05) is 31.4 Å². The number of nitrogens with zero attached hydrogens (tertiary/aromatic N) is 2. The number of carbonyl (C=O) groups is 3. The normalized spacial score (nSPS) is 10.8. The predicted octanol–water partition coefficient (Wildman–Crippen LogP) is 2.34. The number of esters is 1. The van der Waals surface area contributed by atoms with Crippen LogP contribution in [0.5, 0.6) is 0 Å². The predicted molar refractivity (Wildman–Crippen MR) is 121 cm³/mol. The molecule has 3 aromatic rings. The maximum absolute atomic E-state index is 12.6. The first-order valence-corrected chi connectivity index (χ1v) is 11.0. The fourth-order valence-corrected chi connectivity index (χ4v) is 3.72. The molecule has 0 atom stereocenters. The van der Waals surface area contributed by atoms with Gasteiger partial charge in [0.25, 0.3) is 11.5 Å². The molecular weight excluding hydrogens is 432 g/mol. The Kier molecular flexibility index (Phi) is 7.72. The first-order chi connectivity index (χ1) is 15.3. The van der Waals surface area contributed by atoms with E-state index in [0.717, 1.165) is 4.88 Å². The van der Waals surface area contributed by atoms with E-state index in [9.17, 15) is 19.2 Å². The van der Waals surface area contributed by atoms with Crippen LogP contribution in [0.15, 0.2) is 46.6 Å². The first-order valence-electron chi connectivity index (χ1n) is 10.1. The number of carbonyl (C=O) groups excluding carboxylic acids is 3. The molecule has 0 radical (unpaired) electrons. The summed E-state index contributed by atoms with van der Waals surface area (Å²) >= 11 is 1.58. The fourth-order valence-electron chi connectivity index (χ4n) is 3.02. The molecule has 0 spiro atoms. The Bertz CT molecular complexity index is 1170. The van der Waals surface area contributed by atoms with Crippen LogP contribution in [0.2, 0.25) is 0 Å². The molecular formula is C22H24N4O5S. The second kappa shape index (κ2) is 10.7. The molecule has 9 nitrogen and oxygen atoms in total. The summed E-state index contributed by atoms with van der Waals surface area (Å²) in [6.45, 7) is 3.90. The summed E-state index contributed by atoms with van der Waals surface area (Å²) in [7, 11) is 0. The Hall–Kier alpha value is -3.53. The molecule has 0 aliphatic heterocycles.